The Hall–Kier alpha value is -1.10. The number of hydrogen-bond acceptors (Lipinski definition) is 3. The molecule has 5 nitrogen and oxygen atoms in total. The van der Waals surface area contributed by atoms with E-state index >= 15 is 0 Å². The zero-order valence-electron chi connectivity index (χ0n) is 9.32. The highest BCUT2D eigenvalue weighted by atomic mass is 16.4. The minimum Gasteiger partial charge on any atom is -0.480 e. The van der Waals surface area contributed by atoms with Gasteiger partial charge in [0.05, 0.1) is 0 Å². The number of carbonyl (C=O) groups excluding carboxylic acids is 1. The van der Waals surface area contributed by atoms with Gasteiger partial charge in [0, 0.05) is 25.6 Å². The fraction of sp³-hybridized carbons (Fsp3) is 0.818. The Morgan fingerprint density at radius 3 is 2.56 bits per heavy atom. The van der Waals surface area contributed by atoms with Crippen molar-refractivity contribution < 1.29 is 14.7 Å². The third-order valence-electron chi connectivity index (χ3n) is 3.52. The number of rotatable bonds is 2. The molecular formula is C11H18N2O3. The van der Waals surface area contributed by atoms with Crippen molar-refractivity contribution in [1.29, 1.82) is 0 Å². The lowest BCUT2D eigenvalue weighted by Gasteiger charge is -2.35. The van der Waals surface area contributed by atoms with Crippen LogP contribution in [0.4, 0.5) is 0 Å². The number of amides is 1. The number of carboxylic acids is 1. The van der Waals surface area contributed by atoms with Gasteiger partial charge >= 0.3 is 5.97 Å². The summed E-state index contributed by atoms with van der Waals surface area (Å²) >= 11 is 0. The van der Waals surface area contributed by atoms with Crippen LogP contribution in [0.25, 0.3) is 0 Å². The van der Waals surface area contributed by atoms with Gasteiger partial charge in [0.1, 0.15) is 6.04 Å². The van der Waals surface area contributed by atoms with Gasteiger partial charge in [-0.2, -0.15) is 0 Å². The van der Waals surface area contributed by atoms with E-state index in [4.69, 9.17) is 5.11 Å². The van der Waals surface area contributed by atoms with Crippen LogP contribution in [0.2, 0.25) is 0 Å². The van der Waals surface area contributed by atoms with Gasteiger partial charge in [-0.15, -0.1) is 0 Å². The predicted molar refractivity (Wildman–Crippen MR) is 58.0 cm³/mol. The number of aliphatic carboxylic acids is 1. The van der Waals surface area contributed by atoms with Crippen LogP contribution in [0.15, 0.2) is 0 Å². The number of carbonyl (C=O) groups is 2. The van der Waals surface area contributed by atoms with Crippen molar-refractivity contribution in [2.45, 2.75) is 31.7 Å². The second-order valence-electron chi connectivity index (χ2n) is 4.57. The summed E-state index contributed by atoms with van der Waals surface area (Å²) in [6.07, 6.45) is 4.05. The summed E-state index contributed by atoms with van der Waals surface area (Å²) < 4.78 is 0. The summed E-state index contributed by atoms with van der Waals surface area (Å²) in [7, 11) is 0. The summed E-state index contributed by atoms with van der Waals surface area (Å²) in [5, 5.41) is 12.1. The molecule has 1 aliphatic carbocycles. The number of carboxylic acid groups (broad SMARTS) is 1. The molecule has 1 heterocycles. The minimum absolute atomic E-state index is 0.0476. The van der Waals surface area contributed by atoms with Crippen molar-refractivity contribution in [1.82, 2.24) is 10.2 Å². The second kappa shape index (κ2) is 4.82. The van der Waals surface area contributed by atoms with E-state index in [1.807, 2.05) is 0 Å². The summed E-state index contributed by atoms with van der Waals surface area (Å²) in [4.78, 5) is 24.8. The monoisotopic (exact) mass is 226 g/mol. The Balaban J connectivity index is 2.04. The Morgan fingerprint density at radius 1 is 1.25 bits per heavy atom. The second-order valence-corrected chi connectivity index (χ2v) is 4.57. The SMILES string of the molecule is O=C(O)C1CNCCN1C(=O)C1CCCC1. The maximum atomic E-state index is 12.2. The first kappa shape index (κ1) is 11.4. The molecule has 2 aliphatic rings. The van der Waals surface area contributed by atoms with Crippen molar-refractivity contribution in [2.75, 3.05) is 19.6 Å². The van der Waals surface area contributed by atoms with Gasteiger partial charge in [-0.05, 0) is 12.8 Å². The average Bonchev–Trinajstić information content (AvgIpc) is 2.81. The molecule has 0 spiro atoms. The van der Waals surface area contributed by atoms with E-state index in [1.165, 1.54) is 0 Å². The van der Waals surface area contributed by atoms with Gasteiger partial charge in [-0.3, -0.25) is 4.79 Å². The van der Waals surface area contributed by atoms with E-state index in [9.17, 15) is 9.59 Å². The highest BCUT2D eigenvalue weighted by Crippen LogP contribution is 2.27. The number of piperazine rings is 1. The summed E-state index contributed by atoms with van der Waals surface area (Å²) in [6, 6.07) is -0.679. The first-order valence-electron chi connectivity index (χ1n) is 5.94. The van der Waals surface area contributed by atoms with Crippen molar-refractivity contribution in [3.8, 4) is 0 Å². The molecule has 2 rings (SSSR count). The Bertz CT molecular complexity index is 287. The molecule has 0 aromatic heterocycles. The van der Waals surface area contributed by atoms with Crippen LogP contribution in [-0.2, 0) is 9.59 Å². The maximum Gasteiger partial charge on any atom is 0.327 e. The lowest BCUT2D eigenvalue weighted by Crippen LogP contribution is -2.58. The average molecular weight is 226 g/mol. The van der Waals surface area contributed by atoms with Gasteiger partial charge < -0.3 is 15.3 Å². The van der Waals surface area contributed by atoms with Crippen molar-refractivity contribution in [2.24, 2.45) is 5.92 Å². The number of nitrogens with one attached hydrogen (secondary N) is 1. The molecule has 5 heteroatoms. The van der Waals surface area contributed by atoms with Gasteiger partial charge in [0.15, 0.2) is 0 Å². The van der Waals surface area contributed by atoms with Crippen LogP contribution in [0.1, 0.15) is 25.7 Å². The molecule has 2 fully saturated rings. The molecule has 1 unspecified atom stereocenters. The molecule has 90 valence electrons. The van der Waals surface area contributed by atoms with Gasteiger partial charge in [-0.25, -0.2) is 4.79 Å². The van der Waals surface area contributed by atoms with Crippen LogP contribution < -0.4 is 5.32 Å². The lowest BCUT2D eigenvalue weighted by atomic mass is 10.0. The molecule has 16 heavy (non-hydrogen) atoms. The van der Waals surface area contributed by atoms with E-state index < -0.39 is 12.0 Å². The van der Waals surface area contributed by atoms with Crippen LogP contribution >= 0.6 is 0 Å². The van der Waals surface area contributed by atoms with Crippen LogP contribution in [0, 0.1) is 5.92 Å². The first-order chi connectivity index (χ1) is 7.70. The van der Waals surface area contributed by atoms with E-state index in [0.29, 0.717) is 19.6 Å². The van der Waals surface area contributed by atoms with Crippen molar-refractivity contribution >= 4 is 11.9 Å². The molecule has 0 bridgehead atoms. The van der Waals surface area contributed by atoms with Gasteiger partial charge in [0.2, 0.25) is 5.91 Å². The fourth-order valence-electron chi connectivity index (χ4n) is 2.60. The smallest absolute Gasteiger partial charge is 0.327 e. The number of nitrogens with zero attached hydrogens (tertiary/aromatic N) is 1. The zero-order chi connectivity index (χ0) is 11.5. The standard InChI is InChI=1S/C11H18N2O3/c14-10(8-3-1-2-4-8)13-6-5-12-7-9(13)11(15)16/h8-9,12H,1-7H2,(H,15,16). The molecule has 0 aromatic rings. The van der Waals surface area contributed by atoms with Crippen LogP contribution in [0.3, 0.4) is 0 Å². The first-order valence-corrected chi connectivity index (χ1v) is 5.94. The lowest BCUT2D eigenvalue weighted by molar-refractivity contribution is -0.153. The predicted octanol–water partition coefficient (Wildman–Crippen LogP) is 0.0616. The Labute approximate surface area is 94.8 Å². The fourth-order valence-corrected chi connectivity index (χ4v) is 2.60. The van der Waals surface area contributed by atoms with Crippen LogP contribution in [-0.4, -0.2) is 47.6 Å². The summed E-state index contributed by atoms with van der Waals surface area (Å²) in [5.74, 6) is -0.787. The van der Waals surface area contributed by atoms with E-state index in [2.05, 4.69) is 5.32 Å². The van der Waals surface area contributed by atoms with Gasteiger partial charge in [-0.1, -0.05) is 12.8 Å². The minimum atomic E-state index is -0.904. The van der Waals surface area contributed by atoms with E-state index in [0.717, 1.165) is 25.7 Å². The van der Waals surface area contributed by atoms with Crippen molar-refractivity contribution in [3.05, 3.63) is 0 Å². The normalized spacial score (nSPS) is 27.0. The zero-order valence-corrected chi connectivity index (χ0v) is 9.32. The highest BCUT2D eigenvalue weighted by Gasteiger charge is 2.36. The third-order valence-corrected chi connectivity index (χ3v) is 3.52. The molecule has 1 amide bonds. The molecule has 0 aromatic carbocycles. The highest BCUT2D eigenvalue weighted by molar-refractivity contribution is 5.85. The largest absolute Gasteiger partial charge is 0.480 e. The van der Waals surface area contributed by atoms with Gasteiger partial charge in [0.25, 0.3) is 0 Å². The molecule has 1 aliphatic heterocycles. The Kier molecular flexibility index (Phi) is 3.43. The summed E-state index contributed by atoms with van der Waals surface area (Å²) in [6.45, 7) is 1.59. The third kappa shape index (κ3) is 2.19. The molecule has 1 saturated heterocycles. The molecule has 1 atom stereocenters. The van der Waals surface area contributed by atoms with E-state index in [-0.39, 0.29) is 11.8 Å². The number of hydrogen-bond donors (Lipinski definition) is 2. The van der Waals surface area contributed by atoms with Crippen LogP contribution in [0.5, 0.6) is 0 Å². The Morgan fingerprint density at radius 2 is 1.94 bits per heavy atom. The van der Waals surface area contributed by atoms with Crippen molar-refractivity contribution in [3.63, 3.8) is 0 Å². The molecule has 0 radical (unpaired) electrons. The molecular weight excluding hydrogens is 208 g/mol. The molecule has 2 N–H and O–H groups in total. The maximum absolute atomic E-state index is 12.2. The van der Waals surface area contributed by atoms with E-state index in [1.54, 1.807) is 4.90 Å². The topological polar surface area (TPSA) is 69.6 Å². The molecule has 1 saturated carbocycles. The quantitative estimate of drug-likeness (QED) is 0.698. The summed E-state index contributed by atoms with van der Waals surface area (Å²) in [5.41, 5.74) is 0.